The minimum atomic E-state index is -3.28. The number of aliphatic hydroxyl groups excluding tert-OH is 1. The van der Waals surface area contributed by atoms with Gasteiger partial charge in [0.2, 0.25) is 10.0 Å². The summed E-state index contributed by atoms with van der Waals surface area (Å²) in [4.78, 5) is 0. The first-order chi connectivity index (χ1) is 6.34. The summed E-state index contributed by atoms with van der Waals surface area (Å²) in [5.74, 6) is 0.274. The minimum Gasteiger partial charge on any atom is -0.395 e. The molecule has 1 heterocycles. The SMILES string of the molecule is CC(C)[C@@H]1[C@H](C)[C@@H](CO)S(=O)(=O)N1C. The van der Waals surface area contributed by atoms with Crippen molar-refractivity contribution in [3.63, 3.8) is 0 Å². The topological polar surface area (TPSA) is 57.6 Å². The molecule has 1 rings (SSSR count). The molecule has 0 saturated carbocycles. The van der Waals surface area contributed by atoms with Crippen LogP contribution in [0, 0.1) is 11.8 Å². The van der Waals surface area contributed by atoms with Gasteiger partial charge in [0.15, 0.2) is 0 Å². The van der Waals surface area contributed by atoms with Crippen molar-refractivity contribution in [2.45, 2.75) is 32.1 Å². The third-order valence-corrected chi connectivity index (χ3v) is 5.58. The highest BCUT2D eigenvalue weighted by Crippen LogP contribution is 2.35. The number of hydrogen-bond acceptors (Lipinski definition) is 3. The summed E-state index contributed by atoms with van der Waals surface area (Å²) in [6.07, 6.45) is 0. The Bertz CT molecular complexity index is 299. The summed E-state index contributed by atoms with van der Waals surface area (Å²) in [5, 5.41) is 8.46. The molecule has 1 N–H and O–H groups in total. The van der Waals surface area contributed by atoms with Gasteiger partial charge in [0.05, 0.1) is 6.61 Å². The van der Waals surface area contributed by atoms with Crippen LogP contribution in [-0.4, -0.2) is 42.8 Å². The van der Waals surface area contributed by atoms with E-state index in [0.29, 0.717) is 0 Å². The van der Waals surface area contributed by atoms with Crippen molar-refractivity contribution in [1.82, 2.24) is 4.31 Å². The lowest BCUT2D eigenvalue weighted by Gasteiger charge is -2.24. The molecule has 0 aromatic rings. The van der Waals surface area contributed by atoms with Crippen molar-refractivity contribution in [2.75, 3.05) is 13.7 Å². The first-order valence-corrected chi connectivity index (χ1v) is 6.42. The van der Waals surface area contributed by atoms with Crippen LogP contribution in [0.15, 0.2) is 0 Å². The number of rotatable bonds is 2. The van der Waals surface area contributed by atoms with Gasteiger partial charge in [-0.25, -0.2) is 12.7 Å². The maximum atomic E-state index is 11.8. The summed E-state index contributed by atoms with van der Waals surface area (Å²) in [6, 6.07) is 0.0112. The third-order valence-electron chi connectivity index (χ3n) is 3.19. The molecule has 5 heteroatoms. The van der Waals surface area contributed by atoms with Gasteiger partial charge in [0, 0.05) is 13.1 Å². The molecule has 4 nitrogen and oxygen atoms in total. The standard InChI is InChI=1S/C9H19NO3S/c1-6(2)9-7(3)8(5-11)14(12,13)10(9)4/h6-9,11H,5H2,1-4H3/t7-,8-,9-/m1/s1. The molecule has 0 aromatic carbocycles. The molecule has 1 saturated heterocycles. The molecule has 0 amide bonds. The molecule has 0 bridgehead atoms. The lowest BCUT2D eigenvalue weighted by atomic mass is 9.90. The predicted molar refractivity (Wildman–Crippen MR) is 55.3 cm³/mol. The molecule has 0 radical (unpaired) electrons. The Hall–Kier alpha value is -0.130. The molecule has 1 aliphatic rings. The van der Waals surface area contributed by atoms with Crippen molar-refractivity contribution in [3.8, 4) is 0 Å². The minimum absolute atomic E-state index is 0.00463. The van der Waals surface area contributed by atoms with Crippen LogP contribution in [0.5, 0.6) is 0 Å². The lowest BCUT2D eigenvalue weighted by molar-refractivity contribution is 0.219. The van der Waals surface area contributed by atoms with E-state index >= 15 is 0 Å². The van der Waals surface area contributed by atoms with E-state index in [9.17, 15) is 8.42 Å². The molecule has 0 aliphatic carbocycles. The van der Waals surface area contributed by atoms with E-state index in [1.807, 2.05) is 20.8 Å². The normalized spacial score (nSPS) is 38.0. The fourth-order valence-corrected chi connectivity index (χ4v) is 4.59. The fraction of sp³-hybridized carbons (Fsp3) is 1.00. The van der Waals surface area contributed by atoms with Gasteiger partial charge < -0.3 is 5.11 Å². The third kappa shape index (κ3) is 1.57. The maximum Gasteiger partial charge on any atom is 0.219 e. The first kappa shape index (κ1) is 11.9. The Labute approximate surface area is 86.0 Å². The van der Waals surface area contributed by atoms with E-state index in [1.54, 1.807) is 7.05 Å². The molecule has 0 unspecified atom stereocenters. The molecular weight excluding hydrogens is 202 g/mol. The van der Waals surface area contributed by atoms with Crippen molar-refractivity contribution in [3.05, 3.63) is 0 Å². The highest BCUT2D eigenvalue weighted by molar-refractivity contribution is 7.90. The quantitative estimate of drug-likeness (QED) is 0.729. The Morgan fingerprint density at radius 3 is 2.14 bits per heavy atom. The van der Waals surface area contributed by atoms with E-state index in [4.69, 9.17) is 5.11 Å². The highest BCUT2D eigenvalue weighted by atomic mass is 32.2. The molecule has 0 aromatic heterocycles. The summed E-state index contributed by atoms with van der Waals surface area (Å²) < 4.78 is 25.0. The second kappa shape index (κ2) is 3.79. The van der Waals surface area contributed by atoms with Gasteiger partial charge in [0.25, 0.3) is 0 Å². The highest BCUT2D eigenvalue weighted by Gasteiger charge is 2.49. The summed E-state index contributed by atoms with van der Waals surface area (Å²) in [5.41, 5.74) is 0. The van der Waals surface area contributed by atoms with Gasteiger partial charge in [-0.1, -0.05) is 20.8 Å². The van der Waals surface area contributed by atoms with Crippen LogP contribution in [0.25, 0.3) is 0 Å². The smallest absolute Gasteiger partial charge is 0.219 e. The van der Waals surface area contributed by atoms with Crippen LogP contribution in [0.4, 0.5) is 0 Å². The summed E-state index contributed by atoms with van der Waals surface area (Å²) >= 11 is 0. The number of sulfonamides is 1. The van der Waals surface area contributed by atoms with Crippen LogP contribution >= 0.6 is 0 Å². The monoisotopic (exact) mass is 221 g/mol. The van der Waals surface area contributed by atoms with Crippen LogP contribution in [0.2, 0.25) is 0 Å². The predicted octanol–water partition coefficient (Wildman–Crippen LogP) is 0.283. The van der Waals surface area contributed by atoms with Crippen LogP contribution < -0.4 is 0 Å². The van der Waals surface area contributed by atoms with Gasteiger partial charge in [-0.05, 0) is 11.8 Å². The van der Waals surface area contributed by atoms with Gasteiger partial charge in [0.1, 0.15) is 5.25 Å². The van der Waals surface area contributed by atoms with E-state index in [2.05, 4.69) is 0 Å². The molecule has 1 fully saturated rings. The second-order valence-electron chi connectivity index (χ2n) is 4.38. The van der Waals surface area contributed by atoms with E-state index in [1.165, 1.54) is 4.31 Å². The Kier molecular flexibility index (Phi) is 3.23. The average Bonchev–Trinajstić information content (AvgIpc) is 2.19. The van der Waals surface area contributed by atoms with Gasteiger partial charge in [-0.15, -0.1) is 0 Å². The second-order valence-corrected chi connectivity index (χ2v) is 6.59. The molecular formula is C9H19NO3S. The van der Waals surface area contributed by atoms with E-state index in [0.717, 1.165) is 0 Å². The maximum absolute atomic E-state index is 11.8. The number of hydrogen-bond donors (Lipinski definition) is 1. The molecule has 14 heavy (non-hydrogen) atoms. The van der Waals surface area contributed by atoms with Crippen LogP contribution in [0.3, 0.4) is 0 Å². The Morgan fingerprint density at radius 1 is 1.43 bits per heavy atom. The zero-order chi connectivity index (χ0) is 11.1. The van der Waals surface area contributed by atoms with E-state index < -0.39 is 15.3 Å². The lowest BCUT2D eigenvalue weighted by Crippen LogP contribution is -2.35. The van der Waals surface area contributed by atoms with Crippen molar-refractivity contribution in [1.29, 1.82) is 0 Å². The average molecular weight is 221 g/mol. The van der Waals surface area contributed by atoms with Crippen LogP contribution in [0.1, 0.15) is 20.8 Å². The van der Waals surface area contributed by atoms with Gasteiger partial charge in [-0.2, -0.15) is 0 Å². The van der Waals surface area contributed by atoms with Crippen LogP contribution in [-0.2, 0) is 10.0 Å². The van der Waals surface area contributed by atoms with Crippen molar-refractivity contribution < 1.29 is 13.5 Å². The molecule has 84 valence electrons. The van der Waals surface area contributed by atoms with E-state index in [-0.39, 0.29) is 24.5 Å². The first-order valence-electron chi connectivity index (χ1n) is 4.91. The number of nitrogens with zero attached hydrogens (tertiary/aromatic N) is 1. The number of aliphatic hydroxyl groups is 1. The molecule has 0 spiro atoms. The Balaban J connectivity index is 3.08. The molecule has 1 aliphatic heterocycles. The van der Waals surface area contributed by atoms with Gasteiger partial charge in [-0.3, -0.25) is 0 Å². The fourth-order valence-electron chi connectivity index (χ4n) is 2.49. The molecule has 3 atom stereocenters. The summed E-state index contributed by atoms with van der Waals surface area (Å²) in [6.45, 7) is 5.63. The zero-order valence-electron chi connectivity index (χ0n) is 9.14. The Morgan fingerprint density at radius 2 is 1.93 bits per heavy atom. The summed E-state index contributed by atoms with van der Waals surface area (Å²) in [7, 11) is -1.67. The van der Waals surface area contributed by atoms with Crippen molar-refractivity contribution in [2.24, 2.45) is 11.8 Å². The van der Waals surface area contributed by atoms with Gasteiger partial charge >= 0.3 is 0 Å². The van der Waals surface area contributed by atoms with Crippen molar-refractivity contribution >= 4 is 10.0 Å². The largest absolute Gasteiger partial charge is 0.395 e. The zero-order valence-corrected chi connectivity index (χ0v) is 9.95.